The van der Waals surface area contributed by atoms with Crippen LogP contribution >= 0.6 is 0 Å². The topological polar surface area (TPSA) is 84.1 Å². The summed E-state index contributed by atoms with van der Waals surface area (Å²) in [5.74, 6) is 0.924. The number of aliphatic hydroxyl groups is 1. The lowest BCUT2D eigenvalue weighted by Gasteiger charge is -2.40. The Labute approximate surface area is 108 Å². The average molecular weight is 250 g/mol. The van der Waals surface area contributed by atoms with Crippen molar-refractivity contribution in [1.29, 1.82) is 0 Å². The first-order valence-electron chi connectivity index (χ1n) is 6.43. The maximum Gasteiger partial charge on any atom is 0.169 e. The van der Waals surface area contributed by atoms with Gasteiger partial charge >= 0.3 is 0 Å². The van der Waals surface area contributed by atoms with E-state index in [0.29, 0.717) is 23.6 Å². The largest absolute Gasteiger partial charge is 0.388 e. The number of nitrogens with zero attached hydrogens (tertiary/aromatic N) is 2. The number of nitrogens with one attached hydrogen (secondary N) is 1. The standard InChI is InChI=1S/C13H22N4O/c1-12(2)3-5-13(18,6-4-12)9-17-11-10(14)15-7-8-16-11/h7-8,18H,3-6,9H2,1-2H3,(H2,14,15)(H,16,17). The van der Waals surface area contributed by atoms with Gasteiger partial charge in [0.25, 0.3) is 0 Å². The fourth-order valence-electron chi connectivity index (χ4n) is 2.30. The predicted molar refractivity (Wildman–Crippen MR) is 72.1 cm³/mol. The van der Waals surface area contributed by atoms with Gasteiger partial charge in [0.05, 0.1) is 5.60 Å². The molecule has 18 heavy (non-hydrogen) atoms. The van der Waals surface area contributed by atoms with Gasteiger partial charge in [0, 0.05) is 18.9 Å². The minimum atomic E-state index is -0.653. The van der Waals surface area contributed by atoms with Crippen LogP contribution in [0.25, 0.3) is 0 Å². The van der Waals surface area contributed by atoms with Crippen LogP contribution in [0.5, 0.6) is 0 Å². The highest BCUT2D eigenvalue weighted by Gasteiger charge is 2.36. The molecule has 1 heterocycles. The maximum absolute atomic E-state index is 10.5. The minimum Gasteiger partial charge on any atom is -0.388 e. The summed E-state index contributed by atoms with van der Waals surface area (Å²) in [5.41, 5.74) is 5.40. The van der Waals surface area contributed by atoms with Crippen LogP contribution in [0, 0.1) is 5.41 Å². The van der Waals surface area contributed by atoms with Crippen molar-refractivity contribution in [3.05, 3.63) is 12.4 Å². The van der Waals surface area contributed by atoms with E-state index in [2.05, 4.69) is 29.1 Å². The van der Waals surface area contributed by atoms with Crippen LogP contribution < -0.4 is 11.1 Å². The highest BCUT2D eigenvalue weighted by atomic mass is 16.3. The molecule has 1 aliphatic rings. The molecule has 0 radical (unpaired) electrons. The van der Waals surface area contributed by atoms with Gasteiger partial charge in [-0.1, -0.05) is 13.8 Å². The van der Waals surface area contributed by atoms with Gasteiger partial charge in [-0.05, 0) is 31.1 Å². The van der Waals surface area contributed by atoms with Crippen LogP contribution in [0.4, 0.5) is 11.6 Å². The summed E-state index contributed by atoms with van der Waals surface area (Å²) in [6.45, 7) is 4.98. The number of nitrogens with two attached hydrogens (primary N) is 1. The van der Waals surface area contributed by atoms with Gasteiger partial charge < -0.3 is 16.2 Å². The summed E-state index contributed by atoms with van der Waals surface area (Å²) in [7, 11) is 0. The van der Waals surface area contributed by atoms with Crippen LogP contribution in [0.15, 0.2) is 12.4 Å². The number of hydrogen-bond donors (Lipinski definition) is 3. The van der Waals surface area contributed by atoms with Crippen molar-refractivity contribution < 1.29 is 5.11 Å². The summed E-state index contributed by atoms with van der Waals surface area (Å²) < 4.78 is 0. The Morgan fingerprint density at radius 3 is 2.44 bits per heavy atom. The van der Waals surface area contributed by atoms with Crippen molar-refractivity contribution in [3.8, 4) is 0 Å². The normalized spacial score (nSPS) is 21.5. The van der Waals surface area contributed by atoms with Crippen molar-refractivity contribution in [2.75, 3.05) is 17.6 Å². The summed E-state index contributed by atoms with van der Waals surface area (Å²) >= 11 is 0. The molecule has 1 fully saturated rings. The zero-order valence-corrected chi connectivity index (χ0v) is 11.1. The molecule has 0 unspecified atom stereocenters. The summed E-state index contributed by atoms with van der Waals surface area (Å²) in [6.07, 6.45) is 6.85. The molecule has 1 aliphatic carbocycles. The molecule has 0 saturated heterocycles. The van der Waals surface area contributed by atoms with Gasteiger partial charge in [0.1, 0.15) is 0 Å². The van der Waals surface area contributed by atoms with Gasteiger partial charge in [0.2, 0.25) is 0 Å². The lowest BCUT2D eigenvalue weighted by atomic mass is 9.71. The second-order valence-electron chi connectivity index (χ2n) is 6.03. The average Bonchev–Trinajstić information content (AvgIpc) is 2.33. The van der Waals surface area contributed by atoms with Gasteiger partial charge in [-0.15, -0.1) is 0 Å². The Morgan fingerprint density at radius 2 is 1.83 bits per heavy atom. The Bertz CT molecular complexity index is 409. The van der Waals surface area contributed by atoms with Crippen LogP contribution in [0.3, 0.4) is 0 Å². The van der Waals surface area contributed by atoms with Crippen molar-refractivity contribution in [3.63, 3.8) is 0 Å². The van der Waals surface area contributed by atoms with E-state index in [1.807, 2.05) is 0 Å². The zero-order valence-electron chi connectivity index (χ0n) is 11.1. The lowest BCUT2D eigenvalue weighted by molar-refractivity contribution is -0.0145. The Hall–Kier alpha value is -1.36. The molecule has 0 spiro atoms. The molecule has 1 saturated carbocycles. The Kier molecular flexibility index (Phi) is 3.43. The smallest absolute Gasteiger partial charge is 0.169 e. The van der Waals surface area contributed by atoms with E-state index in [4.69, 9.17) is 5.73 Å². The highest BCUT2D eigenvalue weighted by Crippen LogP contribution is 2.40. The third-order valence-electron chi connectivity index (χ3n) is 3.85. The second kappa shape index (κ2) is 4.72. The molecule has 4 N–H and O–H groups in total. The molecule has 5 heteroatoms. The van der Waals surface area contributed by atoms with Crippen molar-refractivity contribution in [2.24, 2.45) is 5.41 Å². The molecule has 0 aromatic carbocycles. The summed E-state index contributed by atoms with van der Waals surface area (Å²) in [6, 6.07) is 0. The quantitative estimate of drug-likeness (QED) is 0.762. The number of rotatable bonds is 3. The van der Waals surface area contributed by atoms with E-state index in [1.54, 1.807) is 12.4 Å². The van der Waals surface area contributed by atoms with Crippen LogP contribution in [0.1, 0.15) is 39.5 Å². The fourth-order valence-corrected chi connectivity index (χ4v) is 2.30. The van der Waals surface area contributed by atoms with Crippen molar-refractivity contribution in [2.45, 2.75) is 45.1 Å². The molecule has 0 bridgehead atoms. The monoisotopic (exact) mass is 250 g/mol. The molecule has 0 aliphatic heterocycles. The molecule has 5 nitrogen and oxygen atoms in total. The molecular weight excluding hydrogens is 228 g/mol. The number of nitrogen functional groups attached to an aromatic ring is 1. The van der Waals surface area contributed by atoms with E-state index < -0.39 is 5.60 Å². The van der Waals surface area contributed by atoms with E-state index in [1.165, 1.54) is 0 Å². The molecule has 100 valence electrons. The first kappa shape index (κ1) is 13.1. The molecule has 2 rings (SSSR count). The van der Waals surface area contributed by atoms with Crippen molar-refractivity contribution >= 4 is 11.6 Å². The van der Waals surface area contributed by atoms with Gasteiger partial charge in [-0.25, -0.2) is 9.97 Å². The van der Waals surface area contributed by atoms with E-state index in [-0.39, 0.29) is 0 Å². The SMILES string of the molecule is CC1(C)CCC(O)(CNc2nccnc2N)CC1. The maximum atomic E-state index is 10.5. The third-order valence-corrected chi connectivity index (χ3v) is 3.85. The third kappa shape index (κ3) is 3.10. The highest BCUT2D eigenvalue weighted by molar-refractivity contribution is 5.55. The van der Waals surface area contributed by atoms with E-state index >= 15 is 0 Å². The van der Waals surface area contributed by atoms with E-state index in [0.717, 1.165) is 25.7 Å². The number of anilines is 2. The molecular formula is C13H22N4O. The first-order chi connectivity index (χ1) is 8.40. The van der Waals surface area contributed by atoms with E-state index in [9.17, 15) is 5.11 Å². The zero-order chi connectivity index (χ0) is 13.2. The fraction of sp³-hybridized carbons (Fsp3) is 0.692. The van der Waals surface area contributed by atoms with Crippen LogP contribution in [0.2, 0.25) is 0 Å². The van der Waals surface area contributed by atoms with Crippen LogP contribution in [-0.4, -0.2) is 27.2 Å². The van der Waals surface area contributed by atoms with Gasteiger partial charge in [-0.2, -0.15) is 0 Å². The van der Waals surface area contributed by atoms with Gasteiger partial charge in [0.15, 0.2) is 11.6 Å². The summed E-state index contributed by atoms with van der Waals surface area (Å²) in [5, 5.41) is 13.6. The first-order valence-corrected chi connectivity index (χ1v) is 6.43. The molecule has 1 aromatic rings. The number of hydrogen-bond acceptors (Lipinski definition) is 5. The van der Waals surface area contributed by atoms with Crippen molar-refractivity contribution in [1.82, 2.24) is 9.97 Å². The Morgan fingerprint density at radius 1 is 1.22 bits per heavy atom. The van der Waals surface area contributed by atoms with Crippen LogP contribution in [-0.2, 0) is 0 Å². The number of aromatic nitrogens is 2. The Balaban J connectivity index is 1.93. The molecule has 0 amide bonds. The second-order valence-corrected chi connectivity index (χ2v) is 6.03. The predicted octanol–water partition coefficient (Wildman–Crippen LogP) is 1.80. The van der Waals surface area contributed by atoms with Gasteiger partial charge in [-0.3, -0.25) is 0 Å². The summed E-state index contributed by atoms with van der Waals surface area (Å²) in [4.78, 5) is 8.07. The molecule has 1 aromatic heterocycles. The lowest BCUT2D eigenvalue weighted by Crippen LogP contribution is -2.42. The molecule has 0 atom stereocenters. The minimum absolute atomic E-state index is 0.345.